The van der Waals surface area contributed by atoms with Gasteiger partial charge in [-0.1, -0.05) is 42.0 Å². The molecule has 3 rings (SSSR count). The van der Waals surface area contributed by atoms with Crippen molar-refractivity contribution in [2.75, 3.05) is 36.2 Å². The molecule has 0 spiro atoms. The third-order valence-electron chi connectivity index (χ3n) is 5.15. The molecule has 34 heavy (non-hydrogen) atoms. The maximum absolute atomic E-state index is 12.0. The first kappa shape index (κ1) is 24.6. The average Bonchev–Trinajstić information content (AvgIpc) is 2.84. The van der Waals surface area contributed by atoms with Crippen LogP contribution < -0.4 is 16.0 Å². The topological polar surface area (TPSA) is 88.7 Å². The van der Waals surface area contributed by atoms with E-state index in [0.717, 1.165) is 23.2 Å². The van der Waals surface area contributed by atoms with Crippen molar-refractivity contribution in [3.05, 3.63) is 89.5 Å². The number of carbonyl (C=O) groups excluding carboxylic acids is 2. The Hall–Kier alpha value is -4.00. The summed E-state index contributed by atoms with van der Waals surface area (Å²) in [6, 6.07) is 23.4. The van der Waals surface area contributed by atoms with E-state index in [-0.39, 0.29) is 13.2 Å². The smallest absolute Gasteiger partial charge is 0.411 e. The van der Waals surface area contributed by atoms with Crippen molar-refractivity contribution in [3.8, 4) is 0 Å². The standard InChI is InChI=1S/C27H31N3O4/c1-20-5-11-24(12-6-20)29-26(31)33-17-3-4-18-34-27(32)30-25-15-9-22(10-16-25)19-21-7-13-23(28-2)14-8-21/h5-16,28H,3-4,17-19H2,1-2H3,(H,29,31)(H,30,32). The number of nitrogens with one attached hydrogen (secondary N) is 3. The Morgan fingerprint density at radius 3 is 1.50 bits per heavy atom. The molecule has 2 amide bonds. The van der Waals surface area contributed by atoms with Gasteiger partial charge in [-0.3, -0.25) is 10.6 Å². The normalized spacial score (nSPS) is 10.3. The summed E-state index contributed by atoms with van der Waals surface area (Å²) in [5.41, 5.74) is 5.94. The molecule has 0 radical (unpaired) electrons. The van der Waals surface area contributed by atoms with Gasteiger partial charge in [-0.05, 0) is 73.7 Å². The number of hydrogen-bond donors (Lipinski definition) is 3. The summed E-state index contributed by atoms with van der Waals surface area (Å²) < 4.78 is 10.3. The van der Waals surface area contributed by atoms with E-state index in [1.807, 2.05) is 74.6 Å². The number of ether oxygens (including phenoxy) is 2. The lowest BCUT2D eigenvalue weighted by atomic mass is 10.0. The number of rotatable bonds is 10. The molecule has 7 heteroatoms. The molecule has 0 aromatic heterocycles. The van der Waals surface area contributed by atoms with Crippen LogP contribution >= 0.6 is 0 Å². The first-order valence-corrected chi connectivity index (χ1v) is 11.3. The maximum Gasteiger partial charge on any atom is 0.411 e. The number of hydrogen-bond acceptors (Lipinski definition) is 5. The number of carbonyl (C=O) groups is 2. The van der Waals surface area contributed by atoms with Gasteiger partial charge in [-0.15, -0.1) is 0 Å². The fourth-order valence-electron chi connectivity index (χ4n) is 3.21. The van der Waals surface area contributed by atoms with Crippen LogP contribution in [0.15, 0.2) is 72.8 Å². The molecular weight excluding hydrogens is 430 g/mol. The highest BCUT2D eigenvalue weighted by molar-refractivity contribution is 5.85. The van der Waals surface area contributed by atoms with Gasteiger partial charge < -0.3 is 14.8 Å². The molecule has 3 N–H and O–H groups in total. The summed E-state index contributed by atoms with van der Waals surface area (Å²) in [6.07, 6.45) is 1.00. The van der Waals surface area contributed by atoms with E-state index in [2.05, 4.69) is 28.1 Å². The Morgan fingerprint density at radius 2 is 1.06 bits per heavy atom. The maximum atomic E-state index is 12.0. The molecule has 0 saturated carbocycles. The van der Waals surface area contributed by atoms with Gasteiger partial charge in [0.25, 0.3) is 0 Å². The predicted octanol–water partition coefficient (Wildman–Crippen LogP) is 6.20. The number of aryl methyl sites for hydroxylation is 1. The summed E-state index contributed by atoms with van der Waals surface area (Å²) in [5.74, 6) is 0. The van der Waals surface area contributed by atoms with E-state index < -0.39 is 12.2 Å². The van der Waals surface area contributed by atoms with Crippen LogP contribution in [-0.4, -0.2) is 32.4 Å². The Bertz CT molecular complexity index is 1050. The average molecular weight is 462 g/mol. The second kappa shape index (κ2) is 12.9. The number of anilines is 3. The van der Waals surface area contributed by atoms with Crippen LogP contribution in [0, 0.1) is 6.92 Å². The molecule has 7 nitrogen and oxygen atoms in total. The van der Waals surface area contributed by atoms with E-state index >= 15 is 0 Å². The summed E-state index contributed by atoms with van der Waals surface area (Å²) in [6.45, 7) is 2.48. The lowest BCUT2D eigenvalue weighted by Crippen LogP contribution is -2.16. The highest BCUT2D eigenvalue weighted by Crippen LogP contribution is 2.16. The summed E-state index contributed by atoms with van der Waals surface area (Å²) in [7, 11) is 1.90. The lowest BCUT2D eigenvalue weighted by molar-refractivity contribution is 0.143. The zero-order valence-corrected chi connectivity index (χ0v) is 19.6. The summed E-state index contributed by atoms with van der Waals surface area (Å²) >= 11 is 0. The molecule has 0 saturated heterocycles. The van der Waals surface area contributed by atoms with E-state index in [9.17, 15) is 9.59 Å². The summed E-state index contributed by atoms with van der Waals surface area (Å²) in [5, 5.41) is 8.50. The van der Waals surface area contributed by atoms with Gasteiger partial charge in [0.2, 0.25) is 0 Å². The van der Waals surface area contributed by atoms with Crippen LogP contribution in [-0.2, 0) is 15.9 Å². The largest absolute Gasteiger partial charge is 0.449 e. The van der Waals surface area contributed by atoms with E-state index in [4.69, 9.17) is 9.47 Å². The van der Waals surface area contributed by atoms with E-state index in [1.54, 1.807) is 0 Å². The molecule has 0 unspecified atom stereocenters. The zero-order valence-electron chi connectivity index (χ0n) is 19.6. The van der Waals surface area contributed by atoms with Crippen LogP contribution in [0.5, 0.6) is 0 Å². The second-order valence-corrected chi connectivity index (χ2v) is 7.92. The molecule has 3 aromatic rings. The monoisotopic (exact) mass is 461 g/mol. The van der Waals surface area contributed by atoms with Crippen molar-refractivity contribution in [1.82, 2.24) is 0 Å². The Balaban J connectivity index is 1.28. The Morgan fingerprint density at radius 1 is 0.647 bits per heavy atom. The van der Waals surface area contributed by atoms with Crippen LogP contribution in [0.4, 0.5) is 26.7 Å². The Labute approximate surface area is 200 Å². The van der Waals surface area contributed by atoms with Gasteiger partial charge in [0.1, 0.15) is 0 Å². The zero-order chi connectivity index (χ0) is 24.2. The van der Waals surface area contributed by atoms with Crippen molar-refractivity contribution in [2.45, 2.75) is 26.2 Å². The molecule has 0 aliphatic rings. The van der Waals surface area contributed by atoms with Gasteiger partial charge in [0, 0.05) is 24.1 Å². The highest BCUT2D eigenvalue weighted by atomic mass is 16.6. The minimum Gasteiger partial charge on any atom is -0.449 e. The molecule has 3 aromatic carbocycles. The van der Waals surface area contributed by atoms with Crippen LogP contribution in [0.2, 0.25) is 0 Å². The lowest BCUT2D eigenvalue weighted by Gasteiger charge is -2.09. The number of unbranched alkanes of at least 4 members (excludes halogenated alkanes) is 1. The third-order valence-corrected chi connectivity index (χ3v) is 5.15. The predicted molar refractivity (Wildman–Crippen MR) is 136 cm³/mol. The molecular formula is C27H31N3O4. The Kier molecular flexibility index (Phi) is 9.34. The quantitative estimate of drug-likeness (QED) is 0.313. The van der Waals surface area contributed by atoms with Gasteiger partial charge >= 0.3 is 12.2 Å². The van der Waals surface area contributed by atoms with Crippen LogP contribution in [0.3, 0.4) is 0 Å². The van der Waals surface area contributed by atoms with Crippen molar-refractivity contribution in [1.29, 1.82) is 0 Å². The summed E-state index contributed by atoms with van der Waals surface area (Å²) in [4.78, 5) is 23.7. The second-order valence-electron chi connectivity index (χ2n) is 7.92. The highest BCUT2D eigenvalue weighted by Gasteiger charge is 2.05. The van der Waals surface area contributed by atoms with E-state index in [1.165, 1.54) is 5.56 Å². The molecule has 0 aliphatic heterocycles. The molecule has 0 atom stereocenters. The fourth-order valence-corrected chi connectivity index (χ4v) is 3.21. The van der Waals surface area contributed by atoms with Gasteiger partial charge in [-0.25, -0.2) is 9.59 Å². The number of benzene rings is 3. The molecule has 178 valence electrons. The van der Waals surface area contributed by atoms with Crippen LogP contribution in [0.1, 0.15) is 29.5 Å². The SMILES string of the molecule is CNc1ccc(Cc2ccc(NC(=O)OCCCCOC(=O)Nc3ccc(C)cc3)cc2)cc1. The van der Waals surface area contributed by atoms with Gasteiger partial charge in [0.05, 0.1) is 13.2 Å². The van der Waals surface area contributed by atoms with Gasteiger partial charge in [0.15, 0.2) is 0 Å². The molecule has 0 fully saturated rings. The van der Waals surface area contributed by atoms with Crippen molar-refractivity contribution in [2.24, 2.45) is 0 Å². The molecule has 0 heterocycles. The molecule has 0 aliphatic carbocycles. The molecule has 0 bridgehead atoms. The van der Waals surface area contributed by atoms with Crippen molar-refractivity contribution >= 4 is 29.2 Å². The minimum absolute atomic E-state index is 0.246. The fraction of sp³-hybridized carbons (Fsp3) is 0.259. The van der Waals surface area contributed by atoms with E-state index in [0.29, 0.717) is 24.2 Å². The van der Waals surface area contributed by atoms with Crippen molar-refractivity contribution < 1.29 is 19.1 Å². The first-order chi connectivity index (χ1) is 16.5. The first-order valence-electron chi connectivity index (χ1n) is 11.3. The number of amides is 2. The van der Waals surface area contributed by atoms with Crippen LogP contribution in [0.25, 0.3) is 0 Å². The van der Waals surface area contributed by atoms with Gasteiger partial charge in [-0.2, -0.15) is 0 Å². The minimum atomic E-state index is -0.506. The third kappa shape index (κ3) is 8.50. The van der Waals surface area contributed by atoms with Crippen molar-refractivity contribution in [3.63, 3.8) is 0 Å².